The van der Waals surface area contributed by atoms with Gasteiger partial charge in [-0.15, -0.1) is 0 Å². The van der Waals surface area contributed by atoms with Gasteiger partial charge in [-0.05, 0) is 76.9 Å². The Bertz CT molecular complexity index is 1500. The molecule has 0 saturated heterocycles. The standard InChI is InChI=1S/C23H22BrN3O7S2/c1-15-4-8-19(9-5-15)35(29,30)27-25-14-17-12-21(24)23(22(13-17)33-3)34-36(31,32)20-10-6-18(7-11-20)26-16(2)28/h4-14,27H,1-3H3,(H,26,28)/b25-14-. The van der Waals surface area contributed by atoms with Gasteiger partial charge in [0.1, 0.15) is 4.90 Å². The zero-order chi connectivity index (χ0) is 26.5. The normalized spacial score (nSPS) is 11.8. The Balaban J connectivity index is 1.80. The molecule has 1 amide bonds. The van der Waals surface area contributed by atoms with Crippen molar-refractivity contribution in [1.82, 2.24) is 4.83 Å². The number of nitrogens with one attached hydrogen (secondary N) is 2. The first-order valence-electron chi connectivity index (χ1n) is 10.2. The summed E-state index contributed by atoms with van der Waals surface area (Å²) in [6.07, 6.45) is 1.23. The third kappa shape index (κ3) is 6.83. The number of halogens is 1. The maximum atomic E-state index is 12.8. The molecule has 0 aliphatic carbocycles. The molecule has 190 valence electrons. The van der Waals surface area contributed by atoms with E-state index in [1.807, 2.05) is 6.92 Å². The average Bonchev–Trinajstić information content (AvgIpc) is 2.80. The lowest BCUT2D eigenvalue weighted by molar-refractivity contribution is -0.114. The smallest absolute Gasteiger partial charge is 0.339 e. The van der Waals surface area contributed by atoms with Crippen molar-refractivity contribution in [2.45, 2.75) is 23.6 Å². The molecule has 0 fully saturated rings. The maximum absolute atomic E-state index is 12.8. The van der Waals surface area contributed by atoms with Crippen LogP contribution >= 0.6 is 15.9 Å². The van der Waals surface area contributed by atoms with Crippen molar-refractivity contribution in [3.05, 3.63) is 76.3 Å². The molecule has 0 saturated carbocycles. The van der Waals surface area contributed by atoms with Crippen molar-refractivity contribution in [1.29, 1.82) is 0 Å². The molecule has 0 heterocycles. The lowest BCUT2D eigenvalue weighted by atomic mass is 10.2. The van der Waals surface area contributed by atoms with Crippen molar-refractivity contribution in [3.63, 3.8) is 0 Å². The van der Waals surface area contributed by atoms with Gasteiger partial charge in [0.05, 0.1) is 22.7 Å². The monoisotopic (exact) mass is 595 g/mol. The summed E-state index contributed by atoms with van der Waals surface area (Å²) < 4.78 is 61.1. The fraction of sp³-hybridized carbons (Fsp3) is 0.130. The number of benzene rings is 3. The molecule has 3 aromatic rings. The summed E-state index contributed by atoms with van der Waals surface area (Å²) in [5.41, 5.74) is 1.75. The number of hydrogen-bond donors (Lipinski definition) is 2. The van der Waals surface area contributed by atoms with E-state index in [4.69, 9.17) is 8.92 Å². The molecule has 0 aliphatic heterocycles. The number of carbonyl (C=O) groups excluding carboxylic acids is 1. The molecule has 0 spiro atoms. The van der Waals surface area contributed by atoms with E-state index >= 15 is 0 Å². The van der Waals surface area contributed by atoms with Crippen LogP contribution in [-0.4, -0.2) is 36.1 Å². The van der Waals surface area contributed by atoms with Crippen molar-refractivity contribution < 1.29 is 30.6 Å². The van der Waals surface area contributed by atoms with Gasteiger partial charge in [-0.2, -0.15) is 21.9 Å². The Kier molecular flexibility index (Phi) is 8.38. The van der Waals surface area contributed by atoms with Gasteiger partial charge in [-0.1, -0.05) is 17.7 Å². The van der Waals surface area contributed by atoms with E-state index in [9.17, 15) is 21.6 Å². The van der Waals surface area contributed by atoms with E-state index in [0.717, 1.165) is 5.56 Å². The number of hydrogen-bond acceptors (Lipinski definition) is 8. The highest BCUT2D eigenvalue weighted by Gasteiger charge is 2.22. The van der Waals surface area contributed by atoms with Crippen molar-refractivity contribution in [2.24, 2.45) is 5.10 Å². The third-order valence-electron chi connectivity index (χ3n) is 4.63. The van der Waals surface area contributed by atoms with Crippen molar-refractivity contribution >= 4 is 53.9 Å². The summed E-state index contributed by atoms with van der Waals surface area (Å²) in [5, 5.41) is 6.33. The molecule has 2 N–H and O–H groups in total. The minimum absolute atomic E-state index is 0.0584. The maximum Gasteiger partial charge on any atom is 0.339 e. The largest absolute Gasteiger partial charge is 0.493 e. The number of rotatable bonds is 9. The molecular formula is C23H22BrN3O7S2. The van der Waals surface area contributed by atoms with Gasteiger partial charge < -0.3 is 14.2 Å². The summed E-state index contributed by atoms with van der Waals surface area (Å²) in [5.74, 6) is -0.339. The van der Waals surface area contributed by atoms with Crippen LogP contribution in [0.5, 0.6) is 11.5 Å². The predicted octanol–water partition coefficient (Wildman–Crippen LogP) is 3.80. The Morgan fingerprint density at radius 2 is 1.58 bits per heavy atom. The van der Waals surface area contributed by atoms with Gasteiger partial charge in [0.2, 0.25) is 5.91 Å². The summed E-state index contributed by atoms with van der Waals surface area (Å²) in [6, 6.07) is 14.6. The SMILES string of the molecule is COc1cc(/C=N\NS(=O)(=O)c2ccc(C)cc2)cc(Br)c1OS(=O)(=O)c1ccc(NC(C)=O)cc1. The van der Waals surface area contributed by atoms with Gasteiger partial charge in [0.25, 0.3) is 10.0 Å². The van der Waals surface area contributed by atoms with Crippen LogP contribution in [0.4, 0.5) is 5.69 Å². The molecule has 36 heavy (non-hydrogen) atoms. The van der Waals surface area contributed by atoms with E-state index in [1.165, 1.54) is 68.8 Å². The first kappa shape index (κ1) is 27.2. The summed E-state index contributed by atoms with van der Waals surface area (Å²) in [6.45, 7) is 3.18. The fourth-order valence-corrected chi connectivity index (χ4v) is 5.30. The molecule has 0 aromatic heterocycles. The molecule has 3 rings (SSSR count). The lowest BCUT2D eigenvalue weighted by Gasteiger charge is -2.13. The predicted molar refractivity (Wildman–Crippen MR) is 138 cm³/mol. The van der Waals surface area contributed by atoms with E-state index in [0.29, 0.717) is 11.3 Å². The van der Waals surface area contributed by atoms with Crippen LogP contribution in [0.25, 0.3) is 0 Å². The molecule has 10 nitrogen and oxygen atoms in total. The zero-order valence-corrected chi connectivity index (χ0v) is 22.6. The zero-order valence-electron chi connectivity index (χ0n) is 19.4. The summed E-state index contributed by atoms with van der Waals surface area (Å²) in [4.78, 5) is 13.2. The number of sulfonamides is 1. The van der Waals surface area contributed by atoms with Crippen molar-refractivity contribution in [2.75, 3.05) is 12.4 Å². The second kappa shape index (κ2) is 11.1. The second-order valence-corrected chi connectivity index (χ2v) is 11.5. The quantitative estimate of drug-likeness (QED) is 0.218. The Hall–Kier alpha value is -3.42. The van der Waals surface area contributed by atoms with Gasteiger partial charge in [-0.25, -0.2) is 4.83 Å². The number of hydrazone groups is 1. The number of anilines is 1. The van der Waals surface area contributed by atoms with Crippen LogP contribution < -0.4 is 19.1 Å². The number of nitrogens with zero attached hydrogens (tertiary/aromatic N) is 1. The Morgan fingerprint density at radius 1 is 0.972 bits per heavy atom. The molecule has 0 unspecified atom stereocenters. The first-order valence-corrected chi connectivity index (χ1v) is 13.9. The number of aryl methyl sites for hydroxylation is 1. The lowest BCUT2D eigenvalue weighted by Crippen LogP contribution is -2.18. The van der Waals surface area contributed by atoms with Crippen LogP contribution in [0.2, 0.25) is 0 Å². The van der Waals surface area contributed by atoms with Crippen molar-refractivity contribution in [3.8, 4) is 11.5 Å². The Morgan fingerprint density at radius 3 is 2.17 bits per heavy atom. The fourth-order valence-electron chi connectivity index (χ4n) is 2.90. The highest BCUT2D eigenvalue weighted by molar-refractivity contribution is 9.10. The van der Waals surface area contributed by atoms with Crippen LogP contribution in [-0.2, 0) is 24.9 Å². The highest BCUT2D eigenvalue weighted by atomic mass is 79.9. The highest BCUT2D eigenvalue weighted by Crippen LogP contribution is 2.38. The molecule has 0 aliphatic rings. The summed E-state index contributed by atoms with van der Waals surface area (Å²) in [7, 11) is -6.78. The van der Waals surface area contributed by atoms with Gasteiger partial charge in [0, 0.05) is 12.6 Å². The number of ether oxygens (including phenoxy) is 1. The molecule has 13 heteroatoms. The van der Waals surface area contributed by atoms with E-state index in [2.05, 4.69) is 31.2 Å². The van der Waals surface area contributed by atoms with Crippen LogP contribution in [0.15, 0.2) is 80.0 Å². The van der Waals surface area contributed by atoms with E-state index in [1.54, 1.807) is 12.1 Å². The van der Waals surface area contributed by atoms with Gasteiger partial charge in [-0.3, -0.25) is 4.79 Å². The third-order valence-corrected chi connectivity index (χ3v) is 7.69. The Labute approximate surface area is 217 Å². The summed E-state index contributed by atoms with van der Waals surface area (Å²) >= 11 is 3.26. The van der Waals surface area contributed by atoms with Gasteiger partial charge in [0.15, 0.2) is 11.5 Å². The van der Waals surface area contributed by atoms with Crippen LogP contribution in [0, 0.1) is 6.92 Å². The molecule has 3 aromatic carbocycles. The average molecular weight is 596 g/mol. The molecule has 0 atom stereocenters. The molecule has 0 radical (unpaired) electrons. The molecule has 0 bridgehead atoms. The topological polar surface area (TPSA) is 140 Å². The van der Waals surface area contributed by atoms with Gasteiger partial charge >= 0.3 is 10.1 Å². The second-order valence-electron chi connectivity index (χ2n) is 7.44. The number of methoxy groups -OCH3 is 1. The molecular weight excluding hydrogens is 574 g/mol. The van der Waals surface area contributed by atoms with E-state index < -0.39 is 20.1 Å². The number of carbonyl (C=O) groups is 1. The minimum atomic E-state index is -4.24. The van der Waals surface area contributed by atoms with E-state index in [-0.39, 0.29) is 31.7 Å². The number of amides is 1. The van der Waals surface area contributed by atoms with Crippen LogP contribution in [0.3, 0.4) is 0 Å². The van der Waals surface area contributed by atoms with Crippen LogP contribution in [0.1, 0.15) is 18.1 Å². The minimum Gasteiger partial charge on any atom is -0.493 e. The first-order chi connectivity index (χ1) is 16.9.